The van der Waals surface area contributed by atoms with Gasteiger partial charge in [-0.1, -0.05) is 74.5 Å². The van der Waals surface area contributed by atoms with Gasteiger partial charge in [-0.05, 0) is 74.8 Å². The van der Waals surface area contributed by atoms with Gasteiger partial charge in [0.05, 0.1) is 0 Å². The van der Waals surface area contributed by atoms with E-state index >= 15 is 0 Å². The van der Waals surface area contributed by atoms with Gasteiger partial charge >= 0.3 is 99.8 Å². The quantitative estimate of drug-likeness (QED) is 0.123. The van der Waals surface area contributed by atoms with Gasteiger partial charge < -0.3 is 4.98 Å². The van der Waals surface area contributed by atoms with E-state index in [1.807, 2.05) is 48.0 Å². The summed E-state index contributed by atoms with van der Waals surface area (Å²) in [5.74, 6) is 7.90. The van der Waals surface area contributed by atoms with Crippen LogP contribution in [0.3, 0.4) is 0 Å². The number of hydrogen-bond donors (Lipinski definition) is 0. The molecule has 7 aromatic rings. The van der Waals surface area contributed by atoms with Crippen molar-refractivity contribution in [1.29, 1.82) is 0 Å². The minimum atomic E-state index is -1.72. The van der Waals surface area contributed by atoms with Crippen LogP contribution in [0.5, 0.6) is 0 Å². The standard InChI is InChI=1S/C31H28NS.C14H16GeN.Ir/c1-31(2,23-11-6-7-12-23)24-17-18-32-28(20-24)26-14-8-13-25-27-19-22(21-9-4-3-5-10-21)15-16-29(27)33-30(25)26;1-15(2,3)13-9-10-14(16-11-13)12-7-5-4-6-8-12;/h3-5,8-10,13,15-20,23H,6-7,11-12H2,1-2H3;4-7,9-11H,1-3H3;/q2*-1;. The van der Waals surface area contributed by atoms with Crippen molar-refractivity contribution in [2.45, 2.75) is 62.2 Å². The number of fused-ring (bicyclic) bond motifs is 3. The van der Waals surface area contributed by atoms with Crippen LogP contribution < -0.4 is 4.40 Å². The number of pyridine rings is 2. The van der Waals surface area contributed by atoms with Crippen LogP contribution in [0.4, 0.5) is 0 Å². The van der Waals surface area contributed by atoms with Crippen LogP contribution in [0, 0.1) is 18.1 Å². The monoisotopic (exact) mass is 911 g/mol. The largest absolute Gasteiger partial charge is 0 e. The van der Waals surface area contributed by atoms with Crippen molar-refractivity contribution in [1.82, 2.24) is 9.97 Å². The van der Waals surface area contributed by atoms with Crippen LogP contribution in [-0.4, -0.2) is 23.2 Å². The Labute approximate surface area is 318 Å². The van der Waals surface area contributed by atoms with Crippen LogP contribution in [0.2, 0.25) is 17.3 Å². The normalized spacial score (nSPS) is 13.5. The summed E-state index contributed by atoms with van der Waals surface area (Å²) in [6.07, 6.45) is 9.45. The molecule has 0 amide bonds. The molecule has 1 radical (unpaired) electrons. The van der Waals surface area contributed by atoms with E-state index in [1.165, 1.54) is 66.9 Å². The number of aromatic nitrogens is 2. The second-order valence-electron chi connectivity index (χ2n) is 14.9. The van der Waals surface area contributed by atoms with Crippen LogP contribution in [0.1, 0.15) is 45.1 Å². The molecular weight excluding hydrogens is 865 g/mol. The summed E-state index contributed by atoms with van der Waals surface area (Å²) in [7, 11) is 0. The summed E-state index contributed by atoms with van der Waals surface area (Å²) in [4.78, 5) is 9.34. The van der Waals surface area contributed by atoms with Crippen molar-refractivity contribution in [3.05, 3.63) is 139 Å². The molecule has 0 atom stereocenters. The average molecular weight is 910 g/mol. The third-order valence-corrected chi connectivity index (χ3v) is 15.7. The van der Waals surface area contributed by atoms with Crippen LogP contribution in [0.25, 0.3) is 53.8 Å². The molecule has 1 fully saturated rings. The predicted molar refractivity (Wildman–Crippen MR) is 213 cm³/mol. The second kappa shape index (κ2) is 15.5. The first-order chi connectivity index (χ1) is 23.7. The van der Waals surface area contributed by atoms with Crippen LogP contribution in [0.15, 0.2) is 122 Å². The van der Waals surface area contributed by atoms with Crippen LogP contribution in [-0.2, 0) is 25.5 Å². The van der Waals surface area contributed by atoms with E-state index in [0.717, 1.165) is 28.4 Å². The van der Waals surface area contributed by atoms with Crippen molar-refractivity contribution in [2.24, 2.45) is 5.92 Å². The summed E-state index contributed by atoms with van der Waals surface area (Å²) >= 11 is 0.139. The van der Waals surface area contributed by atoms with Gasteiger partial charge in [0.2, 0.25) is 0 Å². The fourth-order valence-corrected chi connectivity index (χ4v) is 10.5. The van der Waals surface area contributed by atoms with E-state index in [4.69, 9.17) is 4.98 Å². The average Bonchev–Trinajstić information content (AvgIpc) is 3.82. The summed E-state index contributed by atoms with van der Waals surface area (Å²) in [5.41, 5.74) is 8.33. The van der Waals surface area contributed by atoms with Crippen molar-refractivity contribution in [2.75, 3.05) is 0 Å². The first-order valence-corrected chi connectivity index (χ1v) is 25.7. The van der Waals surface area contributed by atoms with Crippen molar-refractivity contribution < 1.29 is 20.1 Å². The molecule has 5 heteroatoms. The summed E-state index contributed by atoms with van der Waals surface area (Å²) in [6.45, 7) is 4.83. The summed E-state index contributed by atoms with van der Waals surface area (Å²) < 4.78 is 4.04. The molecule has 0 spiro atoms. The molecule has 2 nitrogen and oxygen atoms in total. The SMILES string of the molecule is CC(C)(c1ccnc(-c2[c-]ccc3c2sc2ccc(-c4ccccc4)cc23)c1)C1CCCC1.[CH3][Ge]([CH3])([CH3])[c]1ccc(-c2[c-]cccc2)nc1.[Ir]. The molecular formula is C45H44GeIrN2S-2. The molecule has 0 N–H and O–H groups in total. The molecule has 255 valence electrons. The maximum Gasteiger partial charge on any atom is 0 e. The van der Waals surface area contributed by atoms with E-state index in [2.05, 4.69) is 133 Å². The van der Waals surface area contributed by atoms with Crippen molar-refractivity contribution in [3.63, 3.8) is 0 Å². The minimum absolute atomic E-state index is 0. The first kappa shape index (κ1) is 36.4. The maximum atomic E-state index is 4.81. The van der Waals surface area contributed by atoms with E-state index in [-0.39, 0.29) is 25.5 Å². The Bertz CT molecular complexity index is 2180. The molecule has 8 rings (SSSR count). The Morgan fingerprint density at radius 2 is 1.50 bits per heavy atom. The number of rotatable bonds is 6. The number of hydrogen-bond acceptors (Lipinski definition) is 3. The van der Waals surface area contributed by atoms with Crippen molar-refractivity contribution >= 4 is 49.2 Å². The molecule has 3 aromatic heterocycles. The van der Waals surface area contributed by atoms with Gasteiger partial charge in [-0.15, -0.1) is 23.8 Å². The Morgan fingerprint density at radius 3 is 2.20 bits per heavy atom. The third kappa shape index (κ3) is 7.75. The predicted octanol–water partition coefficient (Wildman–Crippen LogP) is 12.1. The van der Waals surface area contributed by atoms with E-state index in [0.29, 0.717) is 0 Å². The Hall–Kier alpha value is -3.41. The van der Waals surface area contributed by atoms with E-state index < -0.39 is 13.3 Å². The van der Waals surface area contributed by atoms with Crippen LogP contribution >= 0.6 is 11.3 Å². The number of nitrogens with zero attached hydrogens (tertiary/aromatic N) is 2. The zero-order valence-corrected chi connectivity index (χ0v) is 34.9. The molecule has 1 aliphatic rings. The van der Waals surface area contributed by atoms with Gasteiger partial charge in [-0.25, -0.2) is 0 Å². The smallest absolute Gasteiger partial charge is 0 e. The van der Waals surface area contributed by atoms with E-state index in [9.17, 15) is 0 Å². The molecule has 3 heterocycles. The zero-order chi connectivity index (χ0) is 34.0. The second-order valence-corrected chi connectivity index (χ2v) is 26.6. The Kier molecular flexibility index (Phi) is 11.2. The number of benzene rings is 4. The molecule has 0 unspecified atom stereocenters. The molecule has 1 aliphatic carbocycles. The topological polar surface area (TPSA) is 25.8 Å². The summed E-state index contributed by atoms with van der Waals surface area (Å²) in [5, 5.41) is 2.61. The third-order valence-electron chi connectivity index (χ3n) is 10.3. The van der Waals surface area contributed by atoms with Gasteiger partial charge in [0.1, 0.15) is 0 Å². The van der Waals surface area contributed by atoms with Crippen molar-refractivity contribution in [3.8, 4) is 33.6 Å². The summed E-state index contributed by atoms with van der Waals surface area (Å²) in [6, 6.07) is 45.3. The fraction of sp³-hybridized carbons (Fsp3) is 0.244. The fourth-order valence-electron chi connectivity index (χ4n) is 7.14. The Morgan fingerprint density at radius 1 is 0.720 bits per heavy atom. The molecule has 0 aliphatic heterocycles. The van der Waals surface area contributed by atoms with Gasteiger partial charge in [0, 0.05) is 31.0 Å². The Balaban J connectivity index is 0.000000215. The van der Waals surface area contributed by atoms with Gasteiger partial charge in [-0.2, -0.15) is 11.3 Å². The zero-order valence-electron chi connectivity index (χ0n) is 29.6. The van der Waals surface area contributed by atoms with Gasteiger partial charge in [0.15, 0.2) is 0 Å². The molecule has 4 aromatic carbocycles. The van der Waals surface area contributed by atoms with Gasteiger partial charge in [0.25, 0.3) is 0 Å². The van der Waals surface area contributed by atoms with Gasteiger partial charge in [-0.3, -0.25) is 0 Å². The molecule has 0 saturated heterocycles. The number of thiophene rings is 1. The molecule has 0 bridgehead atoms. The van der Waals surface area contributed by atoms with E-state index in [1.54, 1.807) is 0 Å². The maximum absolute atomic E-state index is 4.81. The minimum Gasteiger partial charge on any atom is 0 e. The molecule has 1 saturated carbocycles. The first-order valence-electron chi connectivity index (χ1n) is 17.5. The molecule has 50 heavy (non-hydrogen) atoms.